The van der Waals surface area contributed by atoms with Crippen molar-refractivity contribution in [3.8, 4) is 11.5 Å². The molecule has 174 valence electrons. The van der Waals surface area contributed by atoms with Gasteiger partial charge in [-0.05, 0) is 42.3 Å². The highest BCUT2D eigenvalue weighted by Crippen LogP contribution is 2.27. The van der Waals surface area contributed by atoms with Gasteiger partial charge in [-0.1, -0.05) is 18.2 Å². The first-order chi connectivity index (χ1) is 15.0. The van der Waals surface area contributed by atoms with E-state index in [0.29, 0.717) is 36.1 Å². The van der Waals surface area contributed by atoms with Crippen molar-refractivity contribution in [1.29, 1.82) is 0 Å². The summed E-state index contributed by atoms with van der Waals surface area (Å²) in [6.07, 6.45) is 0. The molecule has 0 aromatic heterocycles. The predicted octanol–water partition coefficient (Wildman–Crippen LogP) is 1.79. The van der Waals surface area contributed by atoms with Crippen LogP contribution < -0.4 is 31.2 Å². The third-order valence-corrected chi connectivity index (χ3v) is 4.31. The molecule has 0 unspecified atom stereocenters. The van der Waals surface area contributed by atoms with Crippen molar-refractivity contribution in [3.63, 3.8) is 0 Å². The Balaban J connectivity index is 0.00000512. The molecule has 0 heterocycles. The highest BCUT2D eigenvalue weighted by molar-refractivity contribution is 14.0. The van der Waals surface area contributed by atoms with Crippen molar-refractivity contribution in [2.24, 2.45) is 10.7 Å². The van der Waals surface area contributed by atoms with Gasteiger partial charge in [-0.15, -0.1) is 24.0 Å². The first-order valence-corrected chi connectivity index (χ1v) is 9.85. The predicted molar refractivity (Wildman–Crippen MR) is 135 cm³/mol. The van der Waals surface area contributed by atoms with Gasteiger partial charge in [-0.2, -0.15) is 0 Å². The molecule has 5 N–H and O–H groups in total. The molecule has 0 saturated carbocycles. The van der Waals surface area contributed by atoms with E-state index in [-0.39, 0.29) is 36.4 Å². The van der Waals surface area contributed by atoms with Crippen molar-refractivity contribution in [2.45, 2.75) is 20.0 Å². The molecular formula is C22H30IN5O4. The normalized spacial score (nSPS) is 10.5. The summed E-state index contributed by atoms with van der Waals surface area (Å²) in [4.78, 5) is 27.3. The van der Waals surface area contributed by atoms with E-state index in [1.807, 2.05) is 37.3 Å². The van der Waals surface area contributed by atoms with E-state index < -0.39 is 5.91 Å². The van der Waals surface area contributed by atoms with Crippen LogP contribution in [0.25, 0.3) is 0 Å². The topological polar surface area (TPSA) is 127 Å². The first kappa shape index (κ1) is 27.0. The summed E-state index contributed by atoms with van der Waals surface area (Å²) in [5, 5.41) is 8.93. The number of nitrogens with zero attached hydrogens (tertiary/aromatic N) is 1. The third kappa shape index (κ3) is 8.61. The Labute approximate surface area is 205 Å². The fourth-order valence-corrected chi connectivity index (χ4v) is 2.72. The van der Waals surface area contributed by atoms with Gasteiger partial charge in [0, 0.05) is 18.7 Å². The van der Waals surface area contributed by atoms with Gasteiger partial charge < -0.3 is 31.2 Å². The number of rotatable bonds is 10. The third-order valence-electron chi connectivity index (χ3n) is 4.31. The van der Waals surface area contributed by atoms with Gasteiger partial charge in [0.05, 0.1) is 27.3 Å². The second-order valence-electron chi connectivity index (χ2n) is 6.58. The average Bonchev–Trinajstić information content (AvgIpc) is 2.79. The SMILES string of the molecule is CCNC(=NCc1ccc(OC)c(OC)c1)NCc1ccc(C(=O)NCC(N)=O)cc1.I. The van der Waals surface area contributed by atoms with Crippen LogP contribution in [0.4, 0.5) is 0 Å². The van der Waals surface area contributed by atoms with Crippen molar-refractivity contribution < 1.29 is 19.1 Å². The van der Waals surface area contributed by atoms with Gasteiger partial charge in [-0.25, -0.2) is 4.99 Å². The Bertz CT molecular complexity index is 919. The molecule has 9 nitrogen and oxygen atoms in total. The van der Waals surface area contributed by atoms with Crippen LogP contribution in [0.2, 0.25) is 0 Å². The highest BCUT2D eigenvalue weighted by Gasteiger charge is 2.07. The van der Waals surface area contributed by atoms with E-state index in [1.165, 1.54) is 0 Å². The molecular weight excluding hydrogens is 525 g/mol. The lowest BCUT2D eigenvalue weighted by atomic mass is 10.1. The lowest BCUT2D eigenvalue weighted by molar-refractivity contribution is -0.117. The maximum absolute atomic E-state index is 11.9. The van der Waals surface area contributed by atoms with E-state index in [0.717, 1.165) is 17.7 Å². The number of carbonyl (C=O) groups excluding carboxylic acids is 2. The van der Waals surface area contributed by atoms with E-state index in [2.05, 4.69) is 20.9 Å². The van der Waals surface area contributed by atoms with Crippen LogP contribution in [-0.2, 0) is 17.9 Å². The van der Waals surface area contributed by atoms with E-state index in [4.69, 9.17) is 15.2 Å². The van der Waals surface area contributed by atoms with E-state index in [9.17, 15) is 9.59 Å². The molecule has 0 aliphatic carbocycles. The summed E-state index contributed by atoms with van der Waals surface area (Å²) in [5.74, 6) is 1.07. The van der Waals surface area contributed by atoms with E-state index >= 15 is 0 Å². The number of ether oxygens (including phenoxy) is 2. The summed E-state index contributed by atoms with van der Waals surface area (Å²) in [6.45, 7) is 3.52. The summed E-state index contributed by atoms with van der Waals surface area (Å²) in [7, 11) is 3.20. The zero-order valence-electron chi connectivity index (χ0n) is 18.4. The van der Waals surface area contributed by atoms with Crippen LogP contribution in [-0.4, -0.2) is 45.1 Å². The molecule has 0 fully saturated rings. The number of carbonyl (C=O) groups is 2. The number of methoxy groups -OCH3 is 2. The fraction of sp³-hybridized carbons (Fsp3) is 0.318. The molecule has 2 aromatic carbocycles. The highest BCUT2D eigenvalue weighted by atomic mass is 127. The number of guanidine groups is 1. The molecule has 0 aliphatic heterocycles. The Morgan fingerprint density at radius 1 is 0.938 bits per heavy atom. The fourth-order valence-electron chi connectivity index (χ4n) is 2.72. The number of primary amides is 1. The largest absolute Gasteiger partial charge is 0.493 e. The van der Waals surface area contributed by atoms with Gasteiger partial charge in [0.15, 0.2) is 17.5 Å². The summed E-state index contributed by atoms with van der Waals surface area (Å²) in [5.41, 5.74) is 7.45. The van der Waals surface area contributed by atoms with E-state index in [1.54, 1.807) is 26.4 Å². The van der Waals surface area contributed by atoms with Crippen molar-refractivity contribution in [3.05, 3.63) is 59.2 Å². The van der Waals surface area contributed by atoms with Crippen LogP contribution >= 0.6 is 24.0 Å². The smallest absolute Gasteiger partial charge is 0.251 e. The number of halogens is 1. The lowest BCUT2D eigenvalue weighted by Crippen LogP contribution is -2.36. The van der Waals surface area contributed by atoms with Gasteiger partial charge >= 0.3 is 0 Å². The van der Waals surface area contributed by atoms with Gasteiger partial charge in [0.1, 0.15) is 0 Å². The number of nitrogens with one attached hydrogen (secondary N) is 3. The minimum atomic E-state index is -0.586. The number of nitrogens with two attached hydrogens (primary N) is 1. The summed E-state index contributed by atoms with van der Waals surface area (Å²) >= 11 is 0. The van der Waals surface area contributed by atoms with Crippen LogP contribution in [0.15, 0.2) is 47.5 Å². The molecule has 2 amide bonds. The molecule has 10 heteroatoms. The number of benzene rings is 2. The molecule has 2 aromatic rings. The Morgan fingerprint density at radius 3 is 2.19 bits per heavy atom. The average molecular weight is 555 g/mol. The number of hydrogen-bond donors (Lipinski definition) is 4. The number of amides is 2. The number of hydrogen-bond acceptors (Lipinski definition) is 5. The lowest BCUT2D eigenvalue weighted by Gasteiger charge is -2.12. The van der Waals surface area contributed by atoms with Crippen LogP contribution in [0, 0.1) is 0 Å². The molecule has 0 saturated heterocycles. The monoisotopic (exact) mass is 555 g/mol. The van der Waals surface area contributed by atoms with Crippen molar-refractivity contribution in [1.82, 2.24) is 16.0 Å². The zero-order valence-corrected chi connectivity index (χ0v) is 20.8. The maximum atomic E-state index is 11.9. The second kappa shape index (κ2) is 14.1. The Morgan fingerprint density at radius 2 is 1.59 bits per heavy atom. The molecule has 0 aliphatic rings. The minimum absolute atomic E-state index is 0. The molecule has 0 atom stereocenters. The molecule has 0 radical (unpaired) electrons. The standard InChI is InChI=1S/C22H29N5O4.HI/c1-4-24-22(27-13-16-7-10-18(30-2)19(11-16)31-3)26-12-15-5-8-17(9-6-15)21(29)25-14-20(23)28;/h5-11H,4,12-14H2,1-3H3,(H2,23,28)(H,25,29)(H2,24,26,27);1H. The Kier molecular flexibility index (Phi) is 11.9. The van der Waals surface area contributed by atoms with Gasteiger partial charge in [-0.3, -0.25) is 9.59 Å². The van der Waals surface area contributed by atoms with Crippen molar-refractivity contribution >= 4 is 41.8 Å². The Hall–Kier alpha value is -3.02. The van der Waals surface area contributed by atoms with Crippen LogP contribution in [0.3, 0.4) is 0 Å². The van der Waals surface area contributed by atoms with Crippen LogP contribution in [0.1, 0.15) is 28.4 Å². The van der Waals surface area contributed by atoms with Crippen LogP contribution in [0.5, 0.6) is 11.5 Å². The van der Waals surface area contributed by atoms with Crippen molar-refractivity contribution in [2.75, 3.05) is 27.3 Å². The minimum Gasteiger partial charge on any atom is -0.493 e. The zero-order chi connectivity index (χ0) is 22.6. The van der Waals surface area contributed by atoms with Gasteiger partial charge in [0.2, 0.25) is 5.91 Å². The van der Waals surface area contributed by atoms with Gasteiger partial charge in [0.25, 0.3) is 5.91 Å². The molecule has 0 spiro atoms. The number of aliphatic imine (C=N–C) groups is 1. The quantitative estimate of drug-likeness (QED) is 0.201. The summed E-state index contributed by atoms with van der Waals surface area (Å²) < 4.78 is 10.6. The maximum Gasteiger partial charge on any atom is 0.251 e. The first-order valence-electron chi connectivity index (χ1n) is 9.85. The summed E-state index contributed by atoms with van der Waals surface area (Å²) in [6, 6.07) is 12.8. The molecule has 32 heavy (non-hydrogen) atoms. The molecule has 2 rings (SSSR count). The second-order valence-corrected chi connectivity index (χ2v) is 6.58. The molecule has 0 bridgehead atoms.